The highest BCUT2D eigenvalue weighted by atomic mass is 32.1. The van der Waals surface area contributed by atoms with Crippen molar-refractivity contribution >= 4 is 17.4 Å². The maximum atomic E-state index is 9.27. The van der Waals surface area contributed by atoms with Crippen LogP contribution in [0.4, 0.5) is 0 Å². The lowest BCUT2D eigenvalue weighted by Gasteiger charge is -2.16. The first-order valence-electron chi connectivity index (χ1n) is 2.88. The molecule has 0 aliphatic carbocycles. The van der Waals surface area contributed by atoms with Crippen LogP contribution in [0.15, 0.2) is 4.99 Å². The molecule has 0 saturated heterocycles. The first-order valence-corrected chi connectivity index (χ1v) is 3.29. The molecule has 0 aromatic rings. The van der Waals surface area contributed by atoms with Gasteiger partial charge in [0.15, 0.2) is 0 Å². The van der Waals surface area contributed by atoms with Crippen molar-refractivity contribution in [1.29, 1.82) is 0 Å². The molecule has 1 N–H and O–H groups in total. The Labute approximate surface area is 60.6 Å². The van der Waals surface area contributed by atoms with Crippen molar-refractivity contribution in [2.45, 2.75) is 25.9 Å². The summed E-state index contributed by atoms with van der Waals surface area (Å²) >= 11 is 4.34. The van der Waals surface area contributed by atoms with Gasteiger partial charge in [-0.1, -0.05) is 6.92 Å². The normalized spacial score (nSPS) is 15.9. The molecule has 52 valence electrons. The fourth-order valence-electron chi connectivity index (χ4n) is 0.314. The van der Waals surface area contributed by atoms with E-state index in [1.807, 2.05) is 6.92 Å². The molecule has 0 heterocycles. The molecule has 3 heteroatoms. The number of nitrogens with zero attached hydrogens (tertiary/aromatic N) is 1. The van der Waals surface area contributed by atoms with E-state index in [0.29, 0.717) is 13.0 Å². The van der Waals surface area contributed by atoms with E-state index in [-0.39, 0.29) is 0 Å². The van der Waals surface area contributed by atoms with Crippen molar-refractivity contribution in [2.75, 3.05) is 6.54 Å². The van der Waals surface area contributed by atoms with Gasteiger partial charge in [0.25, 0.3) is 0 Å². The molecule has 0 spiro atoms. The van der Waals surface area contributed by atoms with Crippen LogP contribution in [-0.2, 0) is 0 Å². The van der Waals surface area contributed by atoms with Gasteiger partial charge in [-0.2, -0.15) is 0 Å². The smallest absolute Gasteiger partial charge is 0.0819 e. The number of thiocarbonyl (C=S) groups is 1. The molecule has 0 aromatic carbocycles. The van der Waals surface area contributed by atoms with Crippen LogP contribution in [-0.4, -0.2) is 22.4 Å². The summed E-state index contributed by atoms with van der Waals surface area (Å²) in [5.41, 5.74) is -0.703. The van der Waals surface area contributed by atoms with Crippen LogP contribution in [0, 0.1) is 0 Å². The maximum Gasteiger partial charge on any atom is 0.0819 e. The summed E-state index contributed by atoms with van der Waals surface area (Å²) in [6.07, 6.45) is 0.688. The van der Waals surface area contributed by atoms with E-state index in [0.717, 1.165) is 0 Å². The first-order chi connectivity index (χ1) is 4.12. The average molecular weight is 145 g/mol. The third-order valence-electron chi connectivity index (χ3n) is 1.25. The van der Waals surface area contributed by atoms with Crippen LogP contribution in [0.25, 0.3) is 0 Å². The van der Waals surface area contributed by atoms with Crippen molar-refractivity contribution in [3.05, 3.63) is 0 Å². The number of rotatable bonds is 3. The third kappa shape index (κ3) is 4.28. The molecular weight excluding hydrogens is 134 g/mol. The second kappa shape index (κ2) is 3.72. The Kier molecular flexibility index (Phi) is 3.62. The van der Waals surface area contributed by atoms with E-state index >= 15 is 0 Å². The lowest BCUT2D eigenvalue weighted by atomic mass is 10.1. The molecule has 0 radical (unpaired) electrons. The number of isothiocyanates is 1. The summed E-state index contributed by atoms with van der Waals surface area (Å²) in [5.74, 6) is 0. The van der Waals surface area contributed by atoms with E-state index < -0.39 is 5.60 Å². The molecule has 0 bridgehead atoms. The quantitative estimate of drug-likeness (QED) is 0.479. The lowest BCUT2D eigenvalue weighted by Crippen LogP contribution is -2.26. The fraction of sp³-hybridized carbons (Fsp3) is 0.833. The average Bonchev–Trinajstić information content (AvgIpc) is 1.84. The minimum absolute atomic E-state index is 0.354. The number of aliphatic imine (C=N–C) groups is 1. The Hall–Kier alpha value is -0.240. The van der Waals surface area contributed by atoms with E-state index in [4.69, 9.17) is 0 Å². The molecule has 0 fully saturated rings. The van der Waals surface area contributed by atoms with Crippen LogP contribution in [0.2, 0.25) is 0 Å². The van der Waals surface area contributed by atoms with Gasteiger partial charge in [-0.15, -0.1) is 0 Å². The monoisotopic (exact) mass is 145 g/mol. The number of aliphatic hydroxyl groups is 1. The highest BCUT2D eigenvalue weighted by Crippen LogP contribution is 2.07. The van der Waals surface area contributed by atoms with Crippen molar-refractivity contribution < 1.29 is 5.11 Å². The van der Waals surface area contributed by atoms with Crippen molar-refractivity contribution in [3.8, 4) is 0 Å². The van der Waals surface area contributed by atoms with Crippen LogP contribution in [0.3, 0.4) is 0 Å². The molecule has 1 unspecified atom stereocenters. The van der Waals surface area contributed by atoms with Gasteiger partial charge in [-0.05, 0) is 25.6 Å². The summed E-state index contributed by atoms with van der Waals surface area (Å²) in [5, 5.41) is 11.5. The summed E-state index contributed by atoms with van der Waals surface area (Å²) in [6.45, 7) is 3.98. The fourth-order valence-corrected chi connectivity index (χ4v) is 0.379. The predicted octanol–water partition coefficient (Wildman–Crippen LogP) is 1.25. The highest BCUT2D eigenvalue weighted by molar-refractivity contribution is 7.78. The molecule has 0 aliphatic rings. The summed E-state index contributed by atoms with van der Waals surface area (Å²) < 4.78 is 0. The Morgan fingerprint density at radius 2 is 2.33 bits per heavy atom. The molecular formula is C6H11NOS. The topological polar surface area (TPSA) is 32.6 Å². The van der Waals surface area contributed by atoms with Crippen LogP contribution < -0.4 is 0 Å². The van der Waals surface area contributed by atoms with Gasteiger partial charge >= 0.3 is 0 Å². The second-order valence-corrected chi connectivity index (χ2v) is 2.44. The van der Waals surface area contributed by atoms with Gasteiger partial charge < -0.3 is 5.11 Å². The van der Waals surface area contributed by atoms with Crippen LogP contribution in [0.5, 0.6) is 0 Å². The third-order valence-corrected chi connectivity index (χ3v) is 1.38. The van der Waals surface area contributed by atoms with Crippen molar-refractivity contribution in [3.63, 3.8) is 0 Å². The zero-order valence-corrected chi connectivity index (χ0v) is 6.53. The largest absolute Gasteiger partial charge is 0.388 e. The van der Waals surface area contributed by atoms with E-state index in [1.54, 1.807) is 6.92 Å². The predicted molar refractivity (Wildman–Crippen MR) is 40.8 cm³/mol. The number of hydrogen-bond donors (Lipinski definition) is 1. The van der Waals surface area contributed by atoms with Crippen molar-refractivity contribution in [2.24, 2.45) is 4.99 Å². The van der Waals surface area contributed by atoms with Gasteiger partial charge in [0.2, 0.25) is 0 Å². The van der Waals surface area contributed by atoms with Gasteiger partial charge in [-0.3, -0.25) is 0 Å². The molecule has 0 aromatic heterocycles. The standard InChI is InChI=1S/C6H11NOS/c1-3-6(2,8)4-7-5-9/h8H,3-4H2,1-2H3. The Bertz CT molecular complexity index is 127. The summed E-state index contributed by atoms with van der Waals surface area (Å²) in [6, 6.07) is 0. The van der Waals surface area contributed by atoms with Crippen LogP contribution >= 0.6 is 12.2 Å². The minimum atomic E-state index is -0.703. The lowest BCUT2D eigenvalue weighted by molar-refractivity contribution is 0.0660. The van der Waals surface area contributed by atoms with E-state index in [1.165, 1.54) is 0 Å². The second-order valence-electron chi connectivity index (χ2n) is 2.26. The van der Waals surface area contributed by atoms with Crippen molar-refractivity contribution in [1.82, 2.24) is 0 Å². The van der Waals surface area contributed by atoms with Gasteiger partial charge in [0, 0.05) is 0 Å². The number of hydrogen-bond acceptors (Lipinski definition) is 3. The molecule has 9 heavy (non-hydrogen) atoms. The Morgan fingerprint density at radius 3 is 2.67 bits per heavy atom. The Morgan fingerprint density at radius 1 is 1.78 bits per heavy atom. The highest BCUT2D eigenvalue weighted by Gasteiger charge is 2.15. The van der Waals surface area contributed by atoms with Crippen LogP contribution in [0.1, 0.15) is 20.3 Å². The zero-order valence-electron chi connectivity index (χ0n) is 5.72. The van der Waals surface area contributed by atoms with E-state index in [9.17, 15) is 5.11 Å². The molecule has 2 nitrogen and oxygen atoms in total. The zero-order chi connectivity index (χ0) is 7.33. The SMILES string of the molecule is CCC(C)(O)CN=C=S. The molecule has 0 aliphatic heterocycles. The summed E-state index contributed by atoms with van der Waals surface area (Å²) in [4.78, 5) is 3.63. The first kappa shape index (κ1) is 8.76. The Balaban J connectivity index is 3.71. The van der Waals surface area contributed by atoms with Gasteiger partial charge in [0.05, 0.1) is 17.3 Å². The molecule has 0 saturated carbocycles. The van der Waals surface area contributed by atoms with Gasteiger partial charge in [0.1, 0.15) is 0 Å². The molecule has 1 atom stereocenters. The van der Waals surface area contributed by atoms with E-state index in [2.05, 4.69) is 22.4 Å². The molecule has 0 rings (SSSR count). The van der Waals surface area contributed by atoms with Gasteiger partial charge in [-0.25, -0.2) is 4.99 Å². The maximum absolute atomic E-state index is 9.27. The molecule has 0 amide bonds. The summed E-state index contributed by atoms with van der Waals surface area (Å²) in [7, 11) is 0. The minimum Gasteiger partial charge on any atom is -0.388 e.